The zero-order chi connectivity index (χ0) is 17.7. The van der Waals surface area contributed by atoms with Gasteiger partial charge >= 0.3 is 0 Å². The predicted molar refractivity (Wildman–Crippen MR) is 96.0 cm³/mol. The van der Waals surface area contributed by atoms with Crippen LogP contribution in [0.1, 0.15) is 34.9 Å². The second kappa shape index (κ2) is 5.69. The number of aromatic nitrogens is 2. The molecule has 1 aliphatic heterocycles. The highest BCUT2D eigenvalue weighted by atomic mass is 19.1. The van der Waals surface area contributed by atoms with E-state index < -0.39 is 0 Å². The molecule has 5 rings (SSSR count). The first kappa shape index (κ1) is 15.1. The molecule has 5 nitrogen and oxygen atoms in total. The molecule has 1 amide bonds. The molecule has 6 heteroatoms. The highest BCUT2D eigenvalue weighted by Gasteiger charge is 2.43. The average Bonchev–Trinajstić information content (AvgIpc) is 3.38. The van der Waals surface area contributed by atoms with Gasteiger partial charge in [-0.05, 0) is 49.2 Å². The van der Waals surface area contributed by atoms with Crippen LogP contribution in [0.4, 0.5) is 10.1 Å². The van der Waals surface area contributed by atoms with Crippen LogP contribution in [0.25, 0.3) is 11.3 Å². The lowest BCUT2D eigenvalue weighted by molar-refractivity contribution is 0.0667. The fourth-order valence-corrected chi connectivity index (χ4v) is 3.58. The largest absolute Gasteiger partial charge is 0.361 e. The Morgan fingerprint density at radius 3 is 2.62 bits per heavy atom. The minimum atomic E-state index is -0.302. The second-order valence-electron chi connectivity index (χ2n) is 6.74. The smallest absolute Gasteiger partial charge is 0.258 e. The van der Waals surface area contributed by atoms with Gasteiger partial charge in [0.2, 0.25) is 0 Å². The van der Waals surface area contributed by atoms with Crippen LogP contribution in [0.5, 0.6) is 0 Å². The number of rotatable bonds is 3. The minimum Gasteiger partial charge on any atom is -0.361 e. The number of halogens is 1. The number of fused-ring (bicyclic) bond motifs is 1. The lowest BCUT2D eigenvalue weighted by Gasteiger charge is -2.38. The molecule has 130 valence electrons. The van der Waals surface area contributed by atoms with E-state index in [-0.39, 0.29) is 23.9 Å². The number of carbonyl (C=O) groups excluding carboxylic acids is 1. The van der Waals surface area contributed by atoms with E-state index in [1.54, 1.807) is 18.3 Å². The van der Waals surface area contributed by atoms with Crippen LogP contribution in [0, 0.1) is 5.82 Å². The molecule has 2 heterocycles. The second-order valence-corrected chi connectivity index (χ2v) is 6.74. The number of nitrogens with one attached hydrogen (secondary N) is 2. The van der Waals surface area contributed by atoms with Gasteiger partial charge in [-0.2, -0.15) is 5.10 Å². The normalized spacial score (nSPS) is 19.2. The number of hydrogen-bond acceptors (Lipinski definition) is 3. The van der Waals surface area contributed by atoms with Gasteiger partial charge < -0.3 is 10.2 Å². The third-order valence-corrected chi connectivity index (χ3v) is 5.00. The molecular weight excluding hydrogens is 331 g/mol. The van der Waals surface area contributed by atoms with Crippen molar-refractivity contribution in [1.29, 1.82) is 0 Å². The van der Waals surface area contributed by atoms with E-state index in [9.17, 15) is 9.18 Å². The monoisotopic (exact) mass is 348 g/mol. The molecule has 1 atom stereocenters. The Kier molecular flexibility index (Phi) is 3.31. The van der Waals surface area contributed by atoms with Crippen molar-refractivity contribution in [2.24, 2.45) is 0 Å². The van der Waals surface area contributed by atoms with Crippen molar-refractivity contribution in [3.05, 3.63) is 71.7 Å². The Hall–Kier alpha value is -3.15. The van der Waals surface area contributed by atoms with Crippen LogP contribution in [-0.4, -0.2) is 27.0 Å². The first-order valence-corrected chi connectivity index (χ1v) is 8.70. The maximum atomic E-state index is 13.3. The van der Waals surface area contributed by atoms with E-state index in [1.165, 1.54) is 12.1 Å². The van der Waals surface area contributed by atoms with Crippen LogP contribution in [0.3, 0.4) is 0 Å². The molecule has 1 saturated carbocycles. The summed E-state index contributed by atoms with van der Waals surface area (Å²) in [6.45, 7) is 0. The van der Waals surface area contributed by atoms with Crippen LogP contribution < -0.4 is 5.32 Å². The molecule has 0 saturated heterocycles. The summed E-state index contributed by atoms with van der Waals surface area (Å²) < 4.78 is 13.3. The highest BCUT2D eigenvalue weighted by molar-refractivity contribution is 6.02. The van der Waals surface area contributed by atoms with Crippen LogP contribution in [-0.2, 0) is 0 Å². The molecule has 26 heavy (non-hydrogen) atoms. The minimum absolute atomic E-state index is 0.0399. The summed E-state index contributed by atoms with van der Waals surface area (Å²) in [7, 11) is 0. The Morgan fingerprint density at radius 2 is 1.85 bits per heavy atom. The van der Waals surface area contributed by atoms with Crippen molar-refractivity contribution in [1.82, 2.24) is 15.1 Å². The summed E-state index contributed by atoms with van der Waals surface area (Å²) in [5.74, 6) is -0.243. The lowest BCUT2D eigenvalue weighted by Crippen LogP contribution is -2.44. The number of amides is 1. The van der Waals surface area contributed by atoms with E-state index in [2.05, 4.69) is 15.5 Å². The molecule has 1 aliphatic carbocycles. The number of para-hydroxylation sites is 1. The predicted octanol–water partition coefficient (Wildman–Crippen LogP) is 3.94. The van der Waals surface area contributed by atoms with Gasteiger partial charge in [-0.25, -0.2) is 4.39 Å². The molecule has 2 aromatic carbocycles. The summed E-state index contributed by atoms with van der Waals surface area (Å²) in [5, 5.41) is 10.7. The van der Waals surface area contributed by atoms with Crippen molar-refractivity contribution < 1.29 is 9.18 Å². The number of benzene rings is 2. The maximum Gasteiger partial charge on any atom is 0.258 e. The molecule has 0 bridgehead atoms. The number of carbonyl (C=O) groups is 1. The quantitative estimate of drug-likeness (QED) is 0.753. The van der Waals surface area contributed by atoms with E-state index in [0.29, 0.717) is 5.56 Å². The van der Waals surface area contributed by atoms with Gasteiger partial charge in [-0.15, -0.1) is 0 Å². The molecule has 2 N–H and O–H groups in total. The summed E-state index contributed by atoms with van der Waals surface area (Å²) in [6.07, 6.45) is 3.46. The topological polar surface area (TPSA) is 61.0 Å². The molecule has 0 spiro atoms. The van der Waals surface area contributed by atoms with Gasteiger partial charge in [-0.1, -0.05) is 12.1 Å². The van der Waals surface area contributed by atoms with Crippen molar-refractivity contribution in [3.8, 4) is 11.3 Å². The van der Waals surface area contributed by atoms with Gasteiger partial charge in [0, 0.05) is 22.9 Å². The SMILES string of the molecule is O=C1c2ccccc2N[C@H](c2cn[nH]c2-c2ccc(F)cc2)N1C1CC1. The van der Waals surface area contributed by atoms with Gasteiger partial charge in [0.15, 0.2) is 0 Å². The van der Waals surface area contributed by atoms with Gasteiger partial charge in [0.05, 0.1) is 17.5 Å². The van der Waals surface area contributed by atoms with E-state index in [4.69, 9.17) is 0 Å². The Labute approximate surface area is 149 Å². The van der Waals surface area contributed by atoms with E-state index in [1.807, 2.05) is 29.2 Å². The lowest BCUT2D eigenvalue weighted by atomic mass is 10.0. The van der Waals surface area contributed by atoms with Crippen LogP contribution >= 0.6 is 0 Å². The molecule has 0 unspecified atom stereocenters. The van der Waals surface area contributed by atoms with Crippen molar-refractivity contribution in [3.63, 3.8) is 0 Å². The fraction of sp³-hybridized carbons (Fsp3) is 0.200. The number of anilines is 1. The standard InChI is InChI=1S/C20H17FN4O/c21-13-7-5-12(6-8-13)18-16(11-22-24-18)19-23-17-4-2-1-3-15(17)20(26)25(19)14-9-10-14/h1-8,11,14,19,23H,9-10H2,(H,22,24)/t19-/m0/s1. The van der Waals surface area contributed by atoms with Crippen LogP contribution in [0.15, 0.2) is 54.7 Å². The third-order valence-electron chi connectivity index (χ3n) is 5.00. The van der Waals surface area contributed by atoms with Crippen molar-refractivity contribution in [2.75, 3.05) is 5.32 Å². The summed E-state index contributed by atoms with van der Waals surface area (Å²) >= 11 is 0. The van der Waals surface area contributed by atoms with Crippen LogP contribution in [0.2, 0.25) is 0 Å². The third kappa shape index (κ3) is 2.37. The molecule has 1 fully saturated rings. The van der Waals surface area contributed by atoms with Gasteiger partial charge in [0.25, 0.3) is 5.91 Å². The van der Waals surface area contributed by atoms with Crippen molar-refractivity contribution in [2.45, 2.75) is 25.0 Å². The Bertz CT molecular complexity index is 977. The zero-order valence-corrected chi connectivity index (χ0v) is 13.9. The number of aromatic amines is 1. The molecular formula is C20H17FN4O. The number of nitrogens with zero attached hydrogens (tertiary/aromatic N) is 2. The van der Waals surface area contributed by atoms with Gasteiger partial charge in [0.1, 0.15) is 12.0 Å². The molecule has 0 radical (unpaired) electrons. The van der Waals surface area contributed by atoms with E-state index >= 15 is 0 Å². The van der Waals surface area contributed by atoms with Crippen molar-refractivity contribution >= 4 is 11.6 Å². The number of H-pyrrole nitrogens is 1. The average molecular weight is 348 g/mol. The molecule has 2 aliphatic rings. The van der Waals surface area contributed by atoms with Gasteiger partial charge in [-0.3, -0.25) is 9.89 Å². The molecule has 1 aromatic heterocycles. The maximum absolute atomic E-state index is 13.3. The molecule has 3 aromatic rings. The summed E-state index contributed by atoms with van der Waals surface area (Å²) in [5.41, 5.74) is 4.03. The fourth-order valence-electron chi connectivity index (χ4n) is 3.58. The Balaban J connectivity index is 1.60. The highest BCUT2D eigenvalue weighted by Crippen LogP contribution is 2.42. The summed E-state index contributed by atoms with van der Waals surface area (Å²) in [6, 6.07) is 14.1. The Morgan fingerprint density at radius 1 is 1.08 bits per heavy atom. The van der Waals surface area contributed by atoms with E-state index in [0.717, 1.165) is 35.3 Å². The first-order chi connectivity index (χ1) is 12.7. The number of hydrogen-bond donors (Lipinski definition) is 2. The first-order valence-electron chi connectivity index (χ1n) is 8.70. The summed E-state index contributed by atoms with van der Waals surface area (Å²) in [4.78, 5) is 15.0. The zero-order valence-electron chi connectivity index (χ0n) is 13.9.